The van der Waals surface area contributed by atoms with E-state index in [1.807, 2.05) is 0 Å². The van der Waals surface area contributed by atoms with Gasteiger partial charge < -0.3 is 14.6 Å². The molecule has 1 N–H and O–H groups in total. The Morgan fingerprint density at radius 2 is 2.54 bits per heavy atom. The molecule has 0 aromatic heterocycles. The largest absolute Gasteiger partial charge is 0.480 e. The Morgan fingerprint density at radius 3 is 3.08 bits per heavy atom. The van der Waals surface area contributed by atoms with E-state index in [4.69, 9.17) is 26.2 Å². The lowest BCUT2D eigenvalue weighted by Crippen LogP contribution is -2.23. The maximum Gasteiger partial charge on any atom is 0.324 e. The van der Waals surface area contributed by atoms with Crippen LogP contribution in [0.4, 0.5) is 0 Å². The number of carboxylic acid groups (broad SMARTS) is 1. The molecule has 0 bridgehead atoms. The molecule has 2 atom stereocenters. The molecule has 0 amide bonds. The summed E-state index contributed by atoms with van der Waals surface area (Å²) in [5.74, 6) is -1.05. The van der Waals surface area contributed by atoms with Gasteiger partial charge in [-0.25, -0.2) is 0 Å². The van der Waals surface area contributed by atoms with Crippen molar-refractivity contribution in [3.8, 4) is 0 Å². The topological polar surface area (TPSA) is 55.8 Å². The van der Waals surface area contributed by atoms with Crippen molar-refractivity contribution in [2.45, 2.75) is 24.3 Å². The van der Waals surface area contributed by atoms with Gasteiger partial charge in [0.15, 0.2) is 5.38 Å². The summed E-state index contributed by atoms with van der Waals surface area (Å²) in [7, 11) is 0. The van der Waals surface area contributed by atoms with E-state index >= 15 is 0 Å². The molecule has 0 aromatic rings. The molecular weight excluding hydrogens is 196 g/mol. The zero-order valence-corrected chi connectivity index (χ0v) is 8.00. The zero-order chi connectivity index (χ0) is 9.68. The molecular formula is C8H13ClO4. The zero-order valence-electron chi connectivity index (χ0n) is 7.24. The highest BCUT2D eigenvalue weighted by molar-refractivity contribution is 6.29. The second kappa shape index (κ2) is 5.42. The summed E-state index contributed by atoms with van der Waals surface area (Å²) in [5, 5.41) is 7.47. The van der Waals surface area contributed by atoms with Gasteiger partial charge in [-0.2, -0.15) is 0 Å². The fourth-order valence-electron chi connectivity index (χ4n) is 1.15. The molecule has 4 nitrogen and oxygen atoms in total. The molecule has 1 rings (SSSR count). The molecule has 1 aliphatic heterocycles. The first-order valence-electron chi connectivity index (χ1n) is 4.26. The Kier molecular flexibility index (Phi) is 4.48. The number of aliphatic carboxylic acids is 1. The third-order valence-corrected chi connectivity index (χ3v) is 2.17. The summed E-state index contributed by atoms with van der Waals surface area (Å²) in [6.07, 6.45) is 2.16. The van der Waals surface area contributed by atoms with E-state index < -0.39 is 11.3 Å². The van der Waals surface area contributed by atoms with Crippen LogP contribution in [0.5, 0.6) is 0 Å². The van der Waals surface area contributed by atoms with Crippen molar-refractivity contribution >= 4 is 17.6 Å². The van der Waals surface area contributed by atoms with Gasteiger partial charge in [0.1, 0.15) is 0 Å². The third kappa shape index (κ3) is 3.93. The van der Waals surface area contributed by atoms with Gasteiger partial charge in [-0.15, -0.1) is 11.6 Å². The van der Waals surface area contributed by atoms with Crippen LogP contribution >= 0.6 is 11.6 Å². The number of hydrogen-bond donors (Lipinski definition) is 1. The molecule has 1 fully saturated rings. The van der Waals surface area contributed by atoms with Crippen LogP contribution in [0, 0.1) is 0 Å². The average molecular weight is 209 g/mol. The maximum absolute atomic E-state index is 10.3. The number of hydrogen-bond acceptors (Lipinski definition) is 3. The molecule has 0 radical (unpaired) electrons. The highest BCUT2D eigenvalue weighted by Gasteiger charge is 2.18. The Bertz CT molecular complexity index is 168. The number of alkyl halides is 1. The second-order valence-corrected chi connectivity index (χ2v) is 3.51. The van der Waals surface area contributed by atoms with Gasteiger partial charge in [-0.05, 0) is 12.8 Å². The van der Waals surface area contributed by atoms with E-state index in [0.29, 0.717) is 6.61 Å². The minimum atomic E-state index is -1.05. The number of halogens is 1. The summed E-state index contributed by atoms with van der Waals surface area (Å²) in [5.41, 5.74) is 0. The van der Waals surface area contributed by atoms with Crippen molar-refractivity contribution in [2.75, 3.05) is 19.8 Å². The summed E-state index contributed by atoms with van der Waals surface area (Å²) in [6, 6.07) is 0. The minimum Gasteiger partial charge on any atom is -0.480 e. The smallest absolute Gasteiger partial charge is 0.324 e. The van der Waals surface area contributed by atoms with Crippen LogP contribution in [0.15, 0.2) is 0 Å². The van der Waals surface area contributed by atoms with Gasteiger partial charge in [-0.1, -0.05) is 0 Å². The fraction of sp³-hybridized carbons (Fsp3) is 0.875. The van der Waals surface area contributed by atoms with Crippen molar-refractivity contribution in [1.29, 1.82) is 0 Å². The lowest BCUT2D eigenvalue weighted by atomic mass is 10.2. The van der Waals surface area contributed by atoms with Crippen molar-refractivity contribution in [1.82, 2.24) is 0 Å². The first-order valence-corrected chi connectivity index (χ1v) is 4.70. The van der Waals surface area contributed by atoms with Crippen molar-refractivity contribution in [3.63, 3.8) is 0 Å². The van der Waals surface area contributed by atoms with Gasteiger partial charge in [0.05, 0.1) is 19.3 Å². The summed E-state index contributed by atoms with van der Waals surface area (Å²) >= 11 is 5.44. The van der Waals surface area contributed by atoms with E-state index in [1.165, 1.54) is 0 Å². The average Bonchev–Trinajstić information content (AvgIpc) is 2.56. The maximum atomic E-state index is 10.3. The highest BCUT2D eigenvalue weighted by atomic mass is 35.5. The van der Waals surface area contributed by atoms with Crippen LogP contribution in [-0.2, 0) is 14.3 Å². The third-order valence-electron chi connectivity index (χ3n) is 1.86. The quantitative estimate of drug-likeness (QED) is 0.682. The van der Waals surface area contributed by atoms with Crippen molar-refractivity contribution in [3.05, 3.63) is 0 Å². The molecule has 0 spiro atoms. The van der Waals surface area contributed by atoms with Gasteiger partial charge in [-0.3, -0.25) is 4.79 Å². The molecule has 2 unspecified atom stereocenters. The molecule has 13 heavy (non-hydrogen) atoms. The van der Waals surface area contributed by atoms with E-state index in [2.05, 4.69) is 0 Å². The molecule has 0 aromatic carbocycles. The van der Waals surface area contributed by atoms with Gasteiger partial charge in [0.2, 0.25) is 0 Å². The summed E-state index contributed by atoms with van der Waals surface area (Å²) in [4.78, 5) is 10.3. The van der Waals surface area contributed by atoms with E-state index in [1.54, 1.807) is 0 Å². The summed E-state index contributed by atoms with van der Waals surface area (Å²) < 4.78 is 10.4. The van der Waals surface area contributed by atoms with E-state index in [0.717, 1.165) is 19.4 Å². The normalized spacial score (nSPS) is 24.5. The minimum absolute atomic E-state index is 0.0384. The molecule has 1 heterocycles. The molecule has 1 aliphatic rings. The Balaban J connectivity index is 2.02. The Hall–Kier alpha value is -0.320. The van der Waals surface area contributed by atoms with Crippen molar-refractivity contribution in [2.24, 2.45) is 0 Å². The number of rotatable bonds is 5. The first kappa shape index (κ1) is 10.8. The fourth-order valence-corrected chi connectivity index (χ4v) is 1.24. The number of carbonyl (C=O) groups is 1. The van der Waals surface area contributed by atoms with Gasteiger partial charge in [0, 0.05) is 6.61 Å². The van der Waals surface area contributed by atoms with E-state index in [-0.39, 0.29) is 12.7 Å². The Labute approximate surface area is 81.8 Å². The lowest BCUT2D eigenvalue weighted by molar-refractivity contribution is -0.138. The Morgan fingerprint density at radius 1 is 1.77 bits per heavy atom. The van der Waals surface area contributed by atoms with Crippen LogP contribution in [0.2, 0.25) is 0 Å². The highest BCUT2D eigenvalue weighted by Crippen LogP contribution is 2.12. The molecule has 1 saturated heterocycles. The molecule has 0 aliphatic carbocycles. The van der Waals surface area contributed by atoms with Crippen LogP contribution in [0.1, 0.15) is 12.8 Å². The molecule has 5 heteroatoms. The lowest BCUT2D eigenvalue weighted by Gasteiger charge is -2.10. The predicted molar refractivity (Wildman–Crippen MR) is 47.1 cm³/mol. The van der Waals surface area contributed by atoms with Gasteiger partial charge in [0.25, 0.3) is 0 Å². The molecule has 76 valence electrons. The number of carboxylic acids is 1. The predicted octanol–water partition coefficient (Wildman–Crippen LogP) is 0.874. The standard InChI is InChI=1S/C8H13ClO4/c9-7(8(10)11)5-12-4-6-2-1-3-13-6/h6-7H,1-5H2,(H,10,11). The SMILES string of the molecule is O=C(O)C(Cl)COCC1CCCO1. The van der Waals surface area contributed by atoms with Gasteiger partial charge >= 0.3 is 5.97 Å². The monoisotopic (exact) mass is 208 g/mol. The van der Waals surface area contributed by atoms with Crippen LogP contribution in [0.25, 0.3) is 0 Å². The van der Waals surface area contributed by atoms with Crippen LogP contribution in [0.3, 0.4) is 0 Å². The van der Waals surface area contributed by atoms with E-state index in [9.17, 15) is 4.79 Å². The number of ether oxygens (including phenoxy) is 2. The first-order chi connectivity index (χ1) is 6.20. The van der Waals surface area contributed by atoms with Crippen LogP contribution in [-0.4, -0.2) is 42.4 Å². The summed E-state index contributed by atoms with van der Waals surface area (Å²) in [6.45, 7) is 1.25. The van der Waals surface area contributed by atoms with Crippen LogP contribution < -0.4 is 0 Å². The van der Waals surface area contributed by atoms with Crippen molar-refractivity contribution < 1.29 is 19.4 Å². The molecule has 0 saturated carbocycles. The second-order valence-electron chi connectivity index (χ2n) is 2.98.